The van der Waals surface area contributed by atoms with E-state index in [9.17, 15) is 9.59 Å². The first-order valence-corrected chi connectivity index (χ1v) is 12.5. The van der Waals surface area contributed by atoms with Crippen LogP contribution in [0.4, 0.5) is 0 Å². The third-order valence-electron chi connectivity index (χ3n) is 6.67. The Morgan fingerprint density at radius 2 is 1.39 bits per heavy atom. The summed E-state index contributed by atoms with van der Waals surface area (Å²) < 4.78 is 28.0. The molecule has 0 bridgehead atoms. The van der Waals surface area contributed by atoms with E-state index in [0.717, 1.165) is 28.0 Å². The number of carbonyl (C=O) groups excluding carboxylic acids is 2. The van der Waals surface area contributed by atoms with Crippen molar-refractivity contribution in [2.45, 2.75) is 55.1 Å². The van der Waals surface area contributed by atoms with Crippen LogP contribution in [0, 0.1) is 41.5 Å². The van der Waals surface area contributed by atoms with Crippen LogP contribution >= 0.6 is 0 Å². The minimum Gasteiger partial charge on any atom is -0.493 e. The van der Waals surface area contributed by atoms with Gasteiger partial charge in [0.25, 0.3) is 0 Å². The maximum Gasteiger partial charge on any atom is 0.344 e. The van der Waals surface area contributed by atoms with E-state index in [-0.39, 0.29) is 6.79 Å². The number of ether oxygens (including phenoxy) is 5. The van der Waals surface area contributed by atoms with Crippen LogP contribution in [-0.2, 0) is 16.1 Å². The number of aryl methyl sites for hydroxylation is 1. The minimum absolute atomic E-state index is 0.179. The highest BCUT2D eigenvalue weighted by atomic mass is 16.7. The van der Waals surface area contributed by atoms with Crippen LogP contribution in [0.2, 0.25) is 0 Å². The van der Waals surface area contributed by atoms with Crippen molar-refractivity contribution in [3.63, 3.8) is 0 Å². The van der Waals surface area contributed by atoms with E-state index >= 15 is 0 Å². The number of hydrogen-bond donors (Lipinski definition) is 0. The zero-order valence-corrected chi connectivity index (χ0v) is 23.4. The van der Waals surface area contributed by atoms with Crippen molar-refractivity contribution in [2.24, 2.45) is 0 Å². The second-order valence-corrected chi connectivity index (χ2v) is 9.16. The molecule has 3 aromatic rings. The van der Waals surface area contributed by atoms with Gasteiger partial charge in [-0.15, -0.1) is 0 Å². The molecule has 0 spiro atoms. The van der Waals surface area contributed by atoms with Gasteiger partial charge in [-0.2, -0.15) is 0 Å². The van der Waals surface area contributed by atoms with Gasteiger partial charge in [-0.25, -0.2) is 9.59 Å². The number of benzene rings is 3. The quantitative estimate of drug-likeness (QED) is 0.172. The highest BCUT2D eigenvalue weighted by Gasteiger charge is 2.28. The van der Waals surface area contributed by atoms with Gasteiger partial charge >= 0.3 is 11.9 Å². The standard InChI is InChI=1S/C31H36O7/c1-9-35-29-23(7)28(22(6)21(5)27(29)30(32)37-17-34-8)38-31(33)26-18(2)15-25(19(3)20(26)4)36-16-24-13-11-10-12-14-24/h10-15H,9,16-17H2,1-8H3. The lowest BCUT2D eigenvalue weighted by molar-refractivity contribution is -0.0128. The predicted octanol–water partition coefficient (Wildman–Crippen LogP) is 6.49. The van der Waals surface area contributed by atoms with E-state index in [1.54, 1.807) is 20.8 Å². The predicted molar refractivity (Wildman–Crippen MR) is 145 cm³/mol. The van der Waals surface area contributed by atoms with Crippen molar-refractivity contribution < 1.29 is 33.3 Å². The van der Waals surface area contributed by atoms with Crippen molar-refractivity contribution in [1.29, 1.82) is 0 Å². The Kier molecular flexibility index (Phi) is 9.53. The second kappa shape index (κ2) is 12.6. The summed E-state index contributed by atoms with van der Waals surface area (Å²) >= 11 is 0. The van der Waals surface area contributed by atoms with E-state index in [1.807, 2.05) is 64.1 Å². The molecule has 0 amide bonds. The van der Waals surface area contributed by atoms with Gasteiger partial charge in [0.05, 0.1) is 12.2 Å². The van der Waals surface area contributed by atoms with Crippen LogP contribution in [0.5, 0.6) is 17.2 Å². The topological polar surface area (TPSA) is 80.3 Å². The van der Waals surface area contributed by atoms with Gasteiger partial charge in [-0.05, 0) is 87.9 Å². The van der Waals surface area contributed by atoms with Crippen molar-refractivity contribution in [3.05, 3.63) is 86.5 Å². The molecule has 0 aliphatic heterocycles. The Hall–Kier alpha value is -3.84. The molecule has 202 valence electrons. The van der Waals surface area contributed by atoms with Gasteiger partial charge in [0.2, 0.25) is 0 Å². The van der Waals surface area contributed by atoms with Gasteiger partial charge in [-0.1, -0.05) is 30.3 Å². The fourth-order valence-electron chi connectivity index (χ4n) is 4.40. The van der Waals surface area contributed by atoms with E-state index in [1.165, 1.54) is 7.11 Å². The van der Waals surface area contributed by atoms with Gasteiger partial charge in [0.1, 0.15) is 29.4 Å². The molecule has 38 heavy (non-hydrogen) atoms. The maximum atomic E-state index is 13.5. The first kappa shape index (κ1) is 28.7. The van der Waals surface area contributed by atoms with E-state index in [4.69, 9.17) is 23.7 Å². The Morgan fingerprint density at radius 3 is 2.03 bits per heavy atom. The summed E-state index contributed by atoms with van der Waals surface area (Å²) in [5.41, 5.74) is 6.04. The molecule has 0 aliphatic rings. The lowest BCUT2D eigenvalue weighted by atomic mass is 9.96. The number of methoxy groups -OCH3 is 1. The molecule has 3 rings (SSSR count). The van der Waals surface area contributed by atoms with Crippen LogP contribution in [0.25, 0.3) is 0 Å². The molecular formula is C31H36O7. The zero-order chi connectivity index (χ0) is 28.0. The molecule has 7 nitrogen and oxygen atoms in total. The van der Waals surface area contributed by atoms with Gasteiger partial charge in [0, 0.05) is 12.7 Å². The molecule has 0 saturated heterocycles. The first-order chi connectivity index (χ1) is 18.1. The molecule has 3 aromatic carbocycles. The number of esters is 2. The van der Waals surface area contributed by atoms with Crippen molar-refractivity contribution in [3.8, 4) is 17.2 Å². The fourth-order valence-corrected chi connectivity index (χ4v) is 4.40. The molecule has 0 saturated carbocycles. The van der Waals surface area contributed by atoms with Crippen LogP contribution < -0.4 is 14.2 Å². The van der Waals surface area contributed by atoms with Crippen LogP contribution in [0.3, 0.4) is 0 Å². The molecule has 0 aliphatic carbocycles. The Labute approximate surface area is 224 Å². The van der Waals surface area contributed by atoms with Crippen LogP contribution in [0.15, 0.2) is 36.4 Å². The third-order valence-corrected chi connectivity index (χ3v) is 6.67. The van der Waals surface area contributed by atoms with Gasteiger partial charge < -0.3 is 23.7 Å². The van der Waals surface area contributed by atoms with E-state index < -0.39 is 11.9 Å². The summed E-state index contributed by atoms with van der Waals surface area (Å²) in [6.45, 7) is 13.4. The summed E-state index contributed by atoms with van der Waals surface area (Å²) in [6, 6.07) is 11.8. The Bertz CT molecular complexity index is 1330. The number of hydrogen-bond acceptors (Lipinski definition) is 7. The molecular weight excluding hydrogens is 484 g/mol. The Balaban J connectivity index is 1.96. The average Bonchev–Trinajstić information content (AvgIpc) is 2.90. The molecule has 7 heteroatoms. The summed E-state index contributed by atoms with van der Waals surface area (Å²) in [7, 11) is 1.44. The summed E-state index contributed by atoms with van der Waals surface area (Å²) in [5.74, 6) is 0.362. The molecule has 0 radical (unpaired) electrons. The Morgan fingerprint density at radius 1 is 0.737 bits per heavy atom. The average molecular weight is 521 g/mol. The minimum atomic E-state index is -0.565. The molecule has 0 fully saturated rings. The lowest BCUT2D eigenvalue weighted by Gasteiger charge is -2.22. The van der Waals surface area contributed by atoms with Crippen molar-refractivity contribution in [2.75, 3.05) is 20.5 Å². The lowest BCUT2D eigenvalue weighted by Crippen LogP contribution is -2.18. The van der Waals surface area contributed by atoms with Crippen LogP contribution in [0.1, 0.15) is 66.6 Å². The van der Waals surface area contributed by atoms with E-state index in [2.05, 4.69) is 0 Å². The van der Waals surface area contributed by atoms with E-state index in [0.29, 0.717) is 52.5 Å². The second-order valence-electron chi connectivity index (χ2n) is 9.16. The number of rotatable bonds is 10. The third kappa shape index (κ3) is 6.00. The molecule has 0 N–H and O–H groups in total. The van der Waals surface area contributed by atoms with Gasteiger partial charge in [0.15, 0.2) is 6.79 Å². The molecule has 0 unspecified atom stereocenters. The normalized spacial score (nSPS) is 10.7. The van der Waals surface area contributed by atoms with Crippen LogP contribution in [-0.4, -0.2) is 32.4 Å². The summed E-state index contributed by atoms with van der Waals surface area (Å²) in [6.07, 6.45) is 0. The highest BCUT2D eigenvalue weighted by Crippen LogP contribution is 2.39. The van der Waals surface area contributed by atoms with Gasteiger partial charge in [-0.3, -0.25) is 0 Å². The first-order valence-electron chi connectivity index (χ1n) is 12.5. The monoisotopic (exact) mass is 520 g/mol. The van der Waals surface area contributed by atoms with Crippen molar-refractivity contribution >= 4 is 11.9 Å². The SMILES string of the molecule is CCOc1c(C)c(OC(=O)c2c(C)cc(OCc3ccccc3)c(C)c2C)c(C)c(C)c1C(=O)OCOC. The maximum absolute atomic E-state index is 13.5. The fraction of sp³-hybridized carbons (Fsp3) is 0.355. The molecule has 0 heterocycles. The molecule has 0 atom stereocenters. The largest absolute Gasteiger partial charge is 0.493 e. The zero-order valence-electron chi connectivity index (χ0n) is 23.4. The van der Waals surface area contributed by atoms with Crippen molar-refractivity contribution in [1.82, 2.24) is 0 Å². The number of carbonyl (C=O) groups is 2. The smallest absolute Gasteiger partial charge is 0.344 e. The summed E-state index contributed by atoms with van der Waals surface area (Å²) in [4.78, 5) is 26.3. The summed E-state index contributed by atoms with van der Waals surface area (Å²) in [5, 5.41) is 0. The highest BCUT2D eigenvalue weighted by molar-refractivity contribution is 5.98. The molecule has 0 aromatic heterocycles.